The van der Waals surface area contributed by atoms with Crippen LogP contribution in [-0.2, 0) is 22.3 Å². The van der Waals surface area contributed by atoms with Crippen LogP contribution in [-0.4, -0.2) is 81.1 Å². The van der Waals surface area contributed by atoms with Crippen LogP contribution < -0.4 is 11.5 Å². The van der Waals surface area contributed by atoms with Crippen molar-refractivity contribution in [2.24, 2.45) is 11.5 Å². The monoisotopic (exact) mass is 568 g/mol. The number of nitrogens with two attached hydrogens (primary N) is 2. The van der Waals surface area contributed by atoms with E-state index in [0.717, 1.165) is 0 Å². The number of amides is 4. The summed E-state index contributed by atoms with van der Waals surface area (Å²) in [5.41, 5.74) is 9.48. The van der Waals surface area contributed by atoms with Crippen molar-refractivity contribution >= 4 is 46.7 Å². The zero-order valence-electron chi connectivity index (χ0n) is 22.6. The number of carbonyl (C=O) groups is 4. The van der Waals surface area contributed by atoms with Crippen molar-refractivity contribution in [2.75, 3.05) is 26.2 Å². The van der Waals surface area contributed by atoms with E-state index in [1.54, 1.807) is 52.3 Å². The first-order valence-corrected chi connectivity index (χ1v) is 13.7. The maximum Gasteiger partial charge on any atom is 0.410 e. The predicted octanol–water partition coefficient (Wildman–Crippen LogP) is 3.06. The van der Waals surface area contributed by atoms with Gasteiger partial charge in [0, 0.05) is 49.8 Å². The number of rotatable bonds is 11. The minimum Gasteiger partial charge on any atom is -0.444 e. The molecule has 0 aliphatic carbocycles. The molecule has 2 rings (SSSR count). The zero-order chi connectivity index (χ0) is 28.7. The molecule has 0 spiro atoms. The average molecular weight is 569 g/mol. The summed E-state index contributed by atoms with van der Waals surface area (Å²) in [6.45, 7) is 11.4. The Balaban J connectivity index is 2.15. The predicted molar refractivity (Wildman–Crippen MR) is 144 cm³/mol. The minimum absolute atomic E-state index is 0.159. The second kappa shape index (κ2) is 13.0. The first-order valence-electron chi connectivity index (χ1n) is 12.0. The summed E-state index contributed by atoms with van der Waals surface area (Å²) < 4.78 is 11.1. The quantitative estimate of drug-likeness (QED) is 0.416. The second-order valence-corrected chi connectivity index (χ2v) is 12.3. The number of hydrogen-bond donors (Lipinski definition) is 2. The summed E-state index contributed by atoms with van der Waals surface area (Å²) in [7, 11) is 0. The molecule has 0 aliphatic heterocycles. The van der Waals surface area contributed by atoms with Crippen LogP contribution >= 0.6 is 22.7 Å². The van der Waals surface area contributed by atoms with Gasteiger partial charge in [0.1, 0.15) is 22.6 Å². The van der Waals surface area contributed by atoms with E-state index in [9.17, 15) is 19.2 Å². The van der Waals surface area contributed by atoms with Gasteiger partial charge in [0.25, 0.3) is 11.8 Å². The fraction of sp³-hybridized carbons (Fsp3) is 0.583. The Morgan fingerprint density at radius 3 is 1.32 bits per heavy atom. The molecule has 0 aliphatic rings. The van der Waals surface area contributed by atoms with Crippen molar-refractivity contribution in [1.82, 2.24) is 19.8 Å². The maximum absolute atomic E-state index is 13.0. The summed E-state index contributed by atoms with van der Waals surface area (Å²) in [5.74, 6) is -1.24. The maximum atomic E-state index is 13.0. The lowest BCUT2D eigenvalue weighted by Crippen LogP contribution is -2.45. The van der Waals surface area contributed by atoms with Gasteiger partial charge in [-0.3, -0.25) is 9.59 Å². The number of nitrogens with zero attached hydrogens (tertiary/aromatic N) is 4. The van der Waals surface area contributed by atoms with E-state index in [1.165, 1.54) is 32.5 Å². The van der Waals surface area contributed by atoms with Gasteiger partial charge in [0.15, 0.2) is 0 Å². The van der Waals surface area contributed by atoms with Crippen LogP contribution in [0.2, 0.25) is 0 Å². The van der Waals surface area contributed by atoms with Crippen LogP contribution in [0.25, 0.3) is 0 Å². The van der Waals surface area contributed by atoms with E-state index in [4.69, 9.17) is 20.9 Å². The molecule has 2 aromatic rings. The van der Waals surface area contributed by atoms with E-state index in [0.29, 0.717) is 22.9 Å². The number of carbonyl (C=O) groups excluding carboxylic acids is 4. The molecular weight excluding hydrogens is 532 g/mol. The van der Waals surface area contributed by atoms with Gasteiger partial charge in [-0.25, -0.2) is 19.6 Å². The molecule has 0 atom stereocenters. The third-order valence-electron chi connectivity index (χ3n) is 4.74. The Morgan fingerprint density at radius 2 is 1.05 bits per heavy atom. The lowest BCUT2D eigenvalue weighted by Gasteiger charge is -2.31. The van der Waals surface area contributed by atoms with E-state index >= 15 is 0 Å². The Hall–Kier alpha value is -3.26. The van der Waals surface area contributed by atoms with Gasteiger partial charge in [0.2, 0.25) is 0 Å². The molecule has 4 N–H and O–H groups in total. The molecule has 38 heavy (non-hydrogen) atoms. The Kier molecular flexibility index (Phi) is 10.6. The van der Waals surface area contributed by atoms with Crippen LogP contribution in [0.1, 0.15) is 72.5 Å². The highest BCUT2D eigenvalue weighted by molar-refractivity contribution is 7.10. The van der Waals surface area contributed by atoms with Gasteiger partial charge in [0.05, 0.1) is 10.0 Å². The molecule has 0 fully saturated rings. The Bertz CT molecular complexity index is 1050. The molecule has 0 saturated carbocycles. The molecule has 0 unspecified atom stereocenters. The van der Waals surface area contributed by atoms with Gasteiger partial charge in [-0.15, -0.1) is 22.7 Å². The number of ether oxygens (including phenoxy) is 2. The number of primary amides is 2. The van der Waals surface area contributed by atoms with Crippen molar-refractivity contribution in [3.05, 3.63) is 32.2 Å². The standard InChI is InChI=1S/C24H36N6O6S2/c1-23(2,3)35-21(33)29(9-7-17-27-15(13-37-17)19(25)31)11-12-30(22(34)36-24(4,5)6)10-8-18-28-16(14-38-18)20(26)32/h13-14H,7-12H2,1-6H3,(H2,25,31)(H2,26,32). The molecule has 2 heterocycles. The van der Waals surface area contributed by atoms with E-state index in [1.807, 2.05) is 0 Å². The average Bonchev–Trinajstić information content (AvgIpc) is 3.43. The van der Waals surface area contributed by atoms with Crippen LogP contribution in [0.3, 0.4) is 0 Å². The minimum atomic E-state index is -0.719. The summed E-state index contributed by atoms with van der Waals surface area (Å²) in [6, 6.07) is 0. The lowest BCUT2D eigenvalue weighted by atomic mass is 10.2. The normalized spacial score (nSPS) is 11.6. The van der Waals surface area contributed by atoms with Gasteiger partial charge in [-0.2, -0.15) is 0 Å². The van der Waals surface area contributed by atoms with E-state index in [-0.39, 0.29) is 37.6 Å². The fourth-order valence-corrected chi connectivity index (χ4v) is 4.58. The van der Waals surface area contributed by atoms with Crippen molar-refractivity contribution in [2.45, 2.75) is 65.6 Å². The van der Waals surface area contributed by atoms with Crippen molar-refractivity contribution in [3.8, 4) is 0 Å². The van der Waals surface area contributed by atoms with Gasteiger partial charge in [-0.05, 0) is 41.5 Å². The lowest BCUT2D eigenvalue weighted by molar-refractivity contribution is 0.0137. The molecule has 4 amide bonds. The smallest absolute Gasteiger partial charge is 0.410 e. The third kappa shape index (κ3) is 10.6. The molecular formula is C24H36N6O6S2. The highest BCUT2D eigenvalue weighted by atomic mass is 32.1. The Morgan fingerprint density at radius 1 is 0.711 bits per heavy atom. The van der Waals surface area contributed by atoms with E-state index < -0.39 is 35.2 Å². The van der Waals surface area contributed by atoms with Crippen LogP contribution in [0, 0.1) is 0 Å². The highest BCUT2D eigenvalue weighted by Gasteiger charge is 2.26. The first-order chi connectivity index (χ1) is 17.5. The zero-order valence-corrected chi connectivity index (χ0v) is 24.2. The topological polar surface area (TPSA) is 171 Å². The SMILES string of the molecule is CC(C)(C)OC(=O)N(CCc1nc(C(N)=O)cs1)CCN(CCc1nc(C(N)=O)cs1)C(=O)OC(C)(C)C. The van der Waals surface area contributed by atoms with Crippen molar-refractivity contribution in [3.63, 3.8) is 0 Å². The van der Waals surface area contributed by atoms with Crippen LogP contribution in [0.4, 0.5) is 9.59 Å². The molecule has 2 aromatic heterocycles. The van der Waals surface area contributed by atoms with Crippen LogP contribution in [0.5, 0.6) is 0 Å². The molecule has 210 valence electrons. The number of hydrogen-bond acceptors (Lipinski definition) is 10. The molecule has 14 heteroatoms. The molecule has 12 nitrogen and oxygen atoms in total. The highest BCUT2D eigenvalue weighted by Crippen LogP contribution is 2.16. The fourth-order valence-electron chi connectivity index (χ4n) is 3.02. The summed E-state index contributed by atoms with van der Waals surface area (Å²) in [6.07, 6.45) is -0.337. The largest absolute Gasteiger partial charge is 0.444 e. The van der Waals surface area contributed by atoms with Crippen molar-refractivity contribution < 1.29 is 28.7 Å². The molecule has 0 saturated heterocycles. The van der Waals surface area contributed by atoms with Gasteiger partial charge < -0.3 is 30.7 Å². The second-order valence-electron chi connectivity index (χ2n) is 10.4. The van der Waals surface area contributed by atoms with Gasteiger partial charge in [-0.1, -0.05) is 0 Å². The van der Waals surface area contributed by atoms with E-state index in [2.05, 4.69) is 9.97 Å². The first kappa shape index (κ1) is 31.0. The molecule has 0 aromatic carbocycles. The number of thiazole rings is 2. The summed E-state index contributed by atoms with van der Waals surface area (Å²) >= 11 is 2.55. The third-order valence-corrected chi connectivity index (χ3v) is 6.56. The summed E-state index contributed by atoms with van der Waals surface area (Å²) in [4.78, 5) is 60.1. The molecule has 0 bridgehead atoms. The molecule has 0 radical (unpaired) electrons. The van der Waals surface area contributed by atoms with Gasteiger partial charge >= 0.3 is 12.2 Å². The number of aromatic nitrogens is 2. The van der Waals surface area contributed by atoms with Crippen LogP contribution in [0.15, 0.2) is 10.8 Å². The Labute approximate surface area is 230 Å². The van der Waals surface area contributed by atoms with Crippen molar-refractivity contribution in [1.29, 1.82) is 0 Å². The summed E-state index contributed by atoms with van der Waals surface area (Å²) in [5, 5.41) is 4.43.